The van der Waals surface area contributed by atoms with Crippen LogP contribution in [-0.4, -0.2) is 60.9 Å². The zero-order valence-electron chi connectivity index (χ0n) is 18.1. The normalized spacial score (nSPS) is 15.4. The molecule has 0 spiro atoms. The Kier molecular flexibility index (Phi) is 8.19. The van der Waals surface area contributed by atoms with Crippen LogP contribution in [0.15, 0.2) is 53.6 Å². The molecule has 0 saturated heterocycles. The second-order valence-corrected chi connectivity index (χ2v) is 7.69. The average molecular weight is 461 g/mol. The molecule has 0 bridgehead atoms. The van der Waals surface area contributed by atoms with E-state index in [9.17, 15) is 14.0 Å². The quantitative estimate of drug-likeness (QED) is 0.650. The van der Waals surface area contributed by atoms with Crippen molar-refractivity contribution in [1.82, 2.24) is 15.2 Å². The maximum Gasteiger partial charge on any atom is 0.317 e. The van der Waals surface area contributed by atoms with E-state index in [2.05, 4.69) is 10.4 Å². The fourth-order valence-electron chi connectivity index (χ4n) is 3.50. The Balaban J connectivity index is 1.90. The third-order valence-electron chi connectivity index (χ3n) is 5.11. The predicted octanol–water partition coefficient (Wildman–Crippen LogP) is 3.83. The minimum absolute atomic E-state index is 0.174. The molecule has 1 heterocycles. The molecule has 170 valence electrons. The molecule has 1 unspecified atom stereocenters. The summed E-state index contributed by atoms with van der Waals surface area (Å²) in [6.45, 7) is 2.61. The summed E-state index contributed by atoms with van der Waals surface area (Å²) in [7, 11) is 1.53. The lowest BCUT2D eigenvalue weighted by Crippen LogP contribution is -2.47. The van der Waals surface area contributed by atoms with Crippen molar-refractivity contribution in [3.8, 4) is 0 Å². The Morgan fingerprint density at radius 3 is 2.62 bits per heavy atom. The molecule has 3 rings (SSSR count). The number of methoxy groups -OCH3 is 1. The summed E-state index contributed by atoms with van der Waals surface area (Å²) in [5, 5.41) is 9.17. The molecule has 1 atom stereocenters. The molecule has 0 saturated carbocycles. The summed E-state index contributed by atoms with van der Waals surface area (Å²) in [6.07, 6.45) is 0.417. The van der Waals surface area contributed by atoms with Gasteiger partial charge in [-0.1, -0.05) is 41.9 Å². The molecule has 0 fully saturated rings. The van der Waals surface area contributed by atoms with Crippen LogP contribution in [0.25, 0.3) is 0 Å². The summed E-state index contributed by atoms with van der Waals surface area (Å²) < 4.78 is 18.6. The van der Waals surface area contributed by atoms with Gasteiger partial charge in [0.1, 0.15) is 12.4 Å². The SMILES string of the molecule is CCNC(=O)N(CCOC)CC(=O)N1N=C(c2ccccc2Cl)CC1c1ccc(F)cc1. The van der Waals surface area contributed by atoms with E-state index in [4.69, 9.17) is 16.3 Å². The minimum atomic E-state index is -0.437. The Bertz CT molecular complexity index is 983. The number of carbonyl (C=O) groups excluding carboxylic acids is 2. The molecule has 0 aromatic heterocycles. The van der Waals surface area contributed by atoms with Crippen molar-refractivity contribution in [3.63, 3.8) is 0 Å². The summed E-state index contributed by atoms with van der Waals surface area (Å²) in [4.78, 5) is 27.1. The van der Waals surface area contributed by atoms with E-state index >= 15 is 0 Å². The standard InChI is InChI=1S/C23H26ClFN4O3/c1-3-26-23(31)28(12-13-32-2)15-22(30)29-21(16-8-10-17(25)11-9-16)14-20(27-29)18-6-4-5-7-19(18)24/h4-11,21H,3,12-15H2,1-2H3,(H,26,31). The summed E-state index contributed by atoms with van der Waals surface area (Å²) in [5.74, 6) is -0.720. The Morgan fingerprint density at radius 2 is 1.97 bits per heavy atom. The first kappa shape index (κ1) is 23.7. The van der Waals surface area contributed by atoms with E-state index in [0.29, 0.717) is 30.3 Å². The van der Waals surface area contributed by atoms with Crippen molar-refractivity contribution >= 4 is 29.3 Å². The number of hydrogen-bond donors (Lipinski definition) is 1. The van der Waals surface area contributed by atoms with Crippen LogP contribution >= 0.6 is 11.6 Å². The molecule has 2 aromatic rings. The van der Waals surface area contributed by atoms with E-state index in [-0.39, 0.29) is 30.8 Å². The highest BCUT2D eigenvalue weighted by Crippen LogP contribution is 2.34. The molecule has 1 N–H and O–H groups in total. The number of hydrogen-bond acceptors (Lipinski definition) is 4. The number of amides is 3. The highest BCUT2D eigenvalue weighted by Gasteiger charge is 2.34. The first-order valence-corrected chi connectivity index (χ1v) is 10.7. The Hall–Kier alpha value is -2.97. The van der Waals surface area contributed by atoms with Gasteiger partial charge in [0.05, 0.1) is 18.4 Å². The Labute approximate surface area is 191 Å². The molecule has 1 aliphatic heterocycles. The maximum atomic E-state index is 13.5. The minimum Gasteiger partial charge on any atom is -0.383 e. The zero-order valence-corrected chi connectivity index (χ0v) is 18.8. The Morgan fingerprint density at radius 1 is 1.25 bits per heavy atom. The highest BCUT2D eigenvalue weighted by molar-refractivity contribution is 6.34. The molecular weight excluding hydrogens is 435 g/mol. The smallest absolute Gasteiger partial charge is 0.317 e. The van der Waals surface area contributed by atoms with Crippen molar-refractivity contribution in [2.45, 2.75) is 19.4 Å². The van der Waals surface area contributed by atoms with Crippen molar-refractivity contribution in [2.75, 3.05) is 33.4 Å². The first-order valence-electron chi connectivity index (χ1n) is 10.4. The van der Waals surface area contributed by atoms with Gasteiger partial charge in [0, 0.05) is 37.2 Å². The van der Waals surface area contributed by atoms with E-state index in [0.717, 1.165) is 11.1 Å². The zero-order chi connectivity index (χ0) is 23.1. The fraction of sp³-hybridized carbons (Fsp3) is 0.348. The second kappa shape index (κ2) is 11.1. The number of rotatable bonds is 8. The average Bonchev–Trinajstić information content (AvgIpc) is 3.22. The van der Waals surface area contributed by atoms with E-state index in [1.807, 2.05) is 18.2 Å². The highest BCUT2D eigenvalue weighted by atomic mass is 35.5. The van der Waals surface area contributed by atoms with E-state index < -0.39 is 6.04 Å². The van der Waals surface area contributed by atoms with Gasteiger partial charge >= 0.3 is 6.03 Å². The maximum absolute atomic E-state index is 13.5. The molecule has 3 amide bonds. The number of benzene rings is 2. The molecule has 32 heavy (non-hydrogen) atoms. The van der Waals surface area contributed by atoms with Gasteiger partial charge in [0.15, 0.2) is 0 Å². The molecule has 2 aromatic carbocycles. The van der Waals surface area contributed by atoms with Crippen LogP contribution in [0.5, 0.6) is 0 Å². The van der Waals surface area contributed by atoms with Crippen LogP contribution in [-0.2, 0) is 9.53 Å². The van der Waals surface area contributed by atoms with Gasteiger partial charge in [-0.2, -0.15) is 5.10 Å². The van der Waals surface area contributed by atoms with Crippen LogP contribution < -0.4 is 5.32 Å². The fourth-order valence-corrected chi connectivity index (χ4v) is 3.74. The number of nitrogens with zero attached hydrogens (tertiary/aromatic N) is 3. The van der Waals surface area contributed by atoms with Gasteiger partial charge in [-0.15, -0.1) is 0 Å². The number of hydrazone groups is 1. The molecule has 1 aliphatic rings. The summed E-state index contributed by atoms with van der Waals surface area (Å²) >= 11 is 6.36. The molecule has 9 heteroatoms. The summed E-state index contributed by atoms with van der Waals surface area (Å²) in [6, 6.07) is 12.5. The van der Waals surface area contributed by atoms with Crippen LogP contribution in [0.3, 0.4) is 0 Å². The van der Waals surface area contributed by atoms with Crippen LogP contribution in [0, 0.1) is 5.82 Å². The van der Waals surface area contributed by atoms with Gasteiger partial charge in [-0.25, -0.2) is 14.2 Å². The third kappa shape index (κ3) is 5.63. The van der Waals surface area contributed by atoms with Crippen molar-refractivity contribution < 1.29 is 18.7 Å². The first-order chi connectivity index (χ1) is 15.4. The van der Waals surface area contributed by atoms with Crippen LogP contribution in [0.4, 0.5) is 9.18 Å². The lowest BCUT2D eigenvalue weighted by atomic mass is 9.98. The van der Waals surface area contributed by atoms with Crippen molar-refractivity contribution in [2.24, 2.45) is 5.10 Å². The van der Waals surface area contributed by atoms with Crippen LogP contribution in [0.1, 0.15) is 30.5 Å². The number of halogens is 2. The van der Waals surface area contributed by atoms with Gasteiger partial charge in [-0.05, 0) is 30.7 Å². The van der Waals surface area contributed by atoms with Crippen LogP contribution in [0.2, 0.25) is 5.02 Å². The van der Waals surface area contributed by atoms with Crippen molar-refractivity contribution in [3.05, 3.63) is 70.5 Å². The molecule has 7 nitrogen and oxygen atoms in total. The summed E-state index contributed by atoms with van der Waals surface area (Å²) in [5.41, 5.74) is 2.13. The van der Waals surface area contributed by atoms with Crippen molar-refractivity contribution in [1.29, 1.82) is 0 Å². The number of ether oxygens (including phenoxy) is 1. The van der Waals surface area contributed by atoms with E-state index in [1.54, 1.807) is 25.1 Å². The van der Waals surface area contributed by atoms with Gasteiger partial charge < -0.3 is 15.0 Å². The second-order valence-electron chi connectivity index (χ2n) is 7.29. The number of carbonyl (C=O) groups is 2. The lowest BCUT2D eigenvalue weighted by molar-refractivity contribution is -0.133. The van der Waals surface area contributed by atoms with E-state index in [1.165, 1.54) is 29.2 Å². The largest absolute Gasteiger partial charge is 0.383 e. The van der Waals surface area contributed by atoms with Gasteiger partial charge in [0.25, 0.3) is 5.91 Å². The molecule has 0 radical (unpaired) electrons. The third-order valence-corrected chi connectivity index (χ3v) is 5.44. The topological polar surface area (TPSA) is 74.2 Å². The monoisotopic (exact) mass is 460 g/mol. The molecule has 0 aliphatic carbocycles. The van der Waals surface area contributed by atoms with Gasteiger partial charge in [-0.3, -0.25) is 4.79 Å². The number of urea groups is 1. The number of nitrogens with one attached hydrogen (secondary N) is 1. The lowest BCUT2D eigenvalue weighted by Gasteiger charge is -2.27. The predicted molar refractivity (Wildman–Crippen MR) is 121 cm³/mol. The molecular formula is C23H26ClFN4O3. The van der Waals surface area contributed by atoms with Gasteiger partial charge in [0.2, 0.25) is 0 Å².